The molecule has 0 amide bonds. The molecular weight excluding hydrogens is 305 g/mol. The summed E-state index contributed by atoms with van der Waals surface area (Å²) in [6.07, 6.45) is -1.85. The number of nitrogens with zero attached hydrogens (tertiary/aromatic N) is 1. The van der Waals surface area contributed by atoms with Gasteiger partial charge in [0.05, 0.1) is 6.54 Å². The number of pyridine rings is 1. The summed E-state index contributed by atoms with van der Waals surface area (Å²) in [7, 11) is 0. The summed E-state index contributed by atoms with van der Waals surface area (Å²) < 4.78 is 36.5. The van der Waals surface area contributed by atoms with E-state index in [0.29, 0.717) is 4.47 Å². The van der Waals surface area contributed by atoms with Crippen molar-refractivity contribution in [3.8, 4) is 0 Å². The van der Waals surface area contributed by atoms with Crippen molar-refractivity contribution in [1.82, 2.24) is 10.3 Å². The Labute approximate surface area is 103 Å². The Bertz CT molecular complexity index is 411. The Balaban J connectivity index is 2.83. The fourth-order valence-electron chi connectivity index (χ4n) is 1.15. The van der Waals surface area contributed by atoms with Crippen LogP contribution >= 0.6 is 15.9 Å². The number of halogens is 4. The number of nitrogens with one attached hydrogen (secondary N) is 1. The molecule has 0 bridgehead atoms. The number of carbonyl (C=O) groups is 1. The lowest BCUT2D eigenvalue weighted by atomic mass is 10.1. The van der Waals surface area contributed by atoms with E-state index in [-0.39, 0.29) is 5.56 Å². The first-order chi connectivity index (χ1) is 7.79. The van der Waals surface area contributed by atoms with Gasteiger partial charge in [0.2, 0.25) is 0 Å². The average Bonchev–Trinajstić information content (AvgIpc) is 2.15. The van der Waals surface area contributed by atoms with Gasteiger partial charge in [0.1, 0.15) is 6.04 Å². The standard InChI is InChI=1S/C9H8BrF3N2O2/c10-6-1-5(2-14-3-6)7(8(16)17)15-4-9(11,12)13/h1-3,7,15H,4H2,(H,16,17). The van der Waals surface area contributed by atoms with Gasteiger partial charge in [-0.2, -0.15) is 13.2 Å². The van der Waals surface area contributed by atoms with Crippen LogP contribution in [0.4, 0.5) is 13.2 Å². The number of alkyl halides is 3. The molecule has 1 rings (SSSR count). The van der Waals surface area contributed by atoms with Gasteiger partial charge in [-0.3, -0.25) is 15.1 Å². The molecule has 0 fully saturated rings. The fourth-order valence-corrected chi connectivity index (χ4v) is 1.53. The summed E-state index contributed by atoms with van der Waals surface area (Å²) in [5.41, 5.74) is 0.149. The lowest BCUT2D eigenvalue weighted by Crippen LogP contribution is -2.36. The van der Waals surface area contributed by atoms with E-state index in [2.05, 4.69) is 20.9 Å². The average molecular weight is 313 g/mol. The van der Waals surface area contributed by atoms with E-state index in [4.69, 9.17) is 5.11 Å². The molecule has 0 aliphatic carbocycles. The minimum absolute atomic E-state index is 0.149. The Hall–Kier alpha value is -1.15. The molecule has 0 aliphatic rings. The van der Waals surface area contributed by atoms with Crippen LogP contribution < -0.4 is 5.32 Å². The molecule has 0 saturated carbocycles. The van der Waals surface area contributed by atoms with E-state index in [1.54, 1.807) is 0 Å². The van der Waals surface area contributed by atoms with Crippen molar-refractivity contribution >= 4 is 21.9 Å². The van der Waals surface area contributed by atoms with Gasteiger partial charge in [0.15, 0.2) is 0 Å². The summed E-state index contributed by atoms with van der Waals surface area (Å²) >= 11 is 3.06. The van der Waals surface area contributed by atoms with Gasteiger partial charge in [0.25, 0.3) is 0 Å². The van der Waals surface area contributed by atoms with Crippen molar-refractivity contribution in [2.24, 2.45) is 0 Å². The molecule has 1 aromatic heterocycles. The van der Waals surface area contributed by atoms with Crippen molar-refractivity contribution in [2.75, 3.05) is 6.54 Å². The molecule has 8 heteroatoms. The topological polar surface area (TPSA) is 62.2 Å². The number of aliphatic carboxylic acids is 1. The molecule has 0 aliphatic heterocycles. The highest BCUT2D eigenvalue weighted by Crippen LogP contribution is 2.19. The molecule has 0 radical (unpaired) electrons. The normalized spacial score (nSPS) is 13.4. The van der Waals surface area contributed by atoms with Crippen LogP contribution in [-0.2, 0) is 4.79 Å². The molecule has 1 heterocycles. The monoisotopic (exact) mass is 312 g/mol. The zero-order valence-corrected chi connectivity index (χ0v) is 9.92. The SMILES string of the molecule is O=C(O)C(NCC(F)(F)F)c1cncc(Br)c1. The highest BCUT2D eigenvalue weighted by Gasteiger charge is 2.30. The lowest BCUT2D eigenvalue weighted by Gasteiger charge is -2.16. The van der Waals surface area contributed by atoms with Gasteiger partial charge < -0.3 is 5.11 Å². The number of carboxylic acids is 1. The molecule has 17 heavy (non-hydrogen) atoms. The molecular formula is C9H8BrF3N2O2. The van der Waals surface area contributed by atoms with Crippen LogP contribution in [0.15, 0.2) is 22.9 Å². The van der Waals surface area contributed by atoms with Crippen molar-refractivity contribution in [3.05, 3.63) is 28.5 Å². The van der Waals surface area contributed by atoms with Crippen LogP contribution in [0.1, 0.15) is 11.6 Å². The summed E-state index contributed by atoms with van der Waals surface area (Å²) in [6.45, 7) is -1.38. The minimum atomic E-state index is -4.47. The third-order valence-electron chi connectivity index (χ3n) is 1.81. The maximum atomic E-state index is 12.0. The second-order valence-corrected chi connectivity index (χ2v) is 4.12. The first kappa shape index (κ1) is 13.9. The first-order valence-electron chi connectivity index (χ1n) is 4.43. The Kier molecular flexibility index (Phi) is 4.47. The molecule has 1 atom stereocenters. The van der Waals surface area contributed by atoms with E-state index in [0.717, 1.165) is 0 Å². The summed E-state index contributed by atoms with van der Waals surface area (Å²) in [4.78, 5) is 14.6. The zero-order valence-electron chi connectivity index (χ0n) is 8.33. The maximum absolute atomic E-state index is 12.0. The number of carboxylic acid groups (broad SMARTS) is 1. The number of rotatable bonds is 4. The van der Waals surface area contributed by atoms with E-state index in [9.17, 15) is 18.0 Å². The molecule has 2 N–H and O–H groups in total. The van der Waals surface area contributed by atoms with E-state index >= 15 is 0 Å². The van der Waals surface area contributed by atoms with Crippen molar-refractivity contribution in [3.63, 3.8) is 0 Å². The van der Waals surface area contributed by atoms with Gasteiger partial charge in [0, 0.05) is 16.9 Å². The number of hydrogen-bond acceptors (Lipinski definition) is 3. The maximum Gasteiger partial charge on any atom is 0.401 e. The second-order valence-electron chi connectivity index (χ2n) is 3.20. The number of hydrogen-bond donors (Lipinski definition) is 2. The van der Waals surface area contributed by atoms with Crippen LogP contribution in [-0.4, -0.2) is 28.8 Å². The van der Waals surface area contributed by atoms with Crippen LogP contribution in [0.3, 0.4) is 0 Å². The van der Waals surface area contributed by atoms with Crippen molar-refractivity contribution < 1.29 is 23.1 Å². The highest BCUT2D eigenvalue weighted by molar-refractivity contribution is 9.10. The van der Waals surface area contributed by atoms with Crippen molar-refractivity contribution in [2.45, 2.75) is 12.2 Å². The molecule has 1 unspecified atom stereocenters. The summed E-state index contributed by atoms with van der Waals surface area (Å²) in [6, 6.07) is -0.0450. The Morgan fingerprint density at radius 1 is 1.53 bits per heavy atom. The predicted molar refractivity (Wildman–Crippen MR) is 56.4 cm³/mol. The van der Waals surface area contributed by atoms with E-state index in [1.165, 1.54) is 18.5 Å². The summed E-state index contributed by atoms with van der Waals surface area (Å²) in [5.74, 6) is -1.39. The Morgan fingerprint density at radius 3 is 2.65 bits per heavy atom. The molecule has 0 spiro atoms. The van der Waals surface area contributed by atoms with E-state index < -0.39 is 24.7 Å². The smallest absolute Gasteiger partial charge is 0.401 e. The van der Waals surface area contributed by atoms with Crippen LogP contribution in [0.25, 0.3) is 0 Å². The molecule has 0 aromatic carbocycles. The van der Waals surface area contributed by atoms with Gasteiger partial charge in [-0.15, -0.1) is 0 Å². The molecule has 4 nitrogen and oxygen atoms in total. The quantitative estimate of drug-likeness (QED) is 0.894. The zero-order chi connectivity index (χ0) is 13.1. The Morgan fingerprint density at radius 2 is 2.18 bits per heavy atom. The van der Waals surface area contributed by atoms with Crippen molar-refractivity contribution in [1.29, 1.82) is 0 Å². The van der Waals surface area contributed by atoms with Gasteiger partial charge in [-0.1, -0.05) is 0 Å². The largest absolute Gasteiger partial charge is 0.480 e. The lowest BCUT2D eigenvalue weighted by molar-refractivity contribution is -0.143. The van der Waals surface area contributed by atoms with Crippen LogP contribution in [0, 0.1) is 0 Å². The summed E-state index contributed by atoms with van der Waals surface area (Å²) in [5, 5.41) is 10.8. The van der Waals surface area contributed by atoms with Gasteiger partial charge >= 0.3 is 12.1 Å². The third-order valence-corrected chi connectivity index (χ3v) is 2.25. The van der Waals surface area contributed by atoms with E-state index in [1.807, 2.05) is 5.32 Å². The van der Waals surface area contributed by atoms with Crippen LogP contribution in [0.5, 0.6) is 0 Å². The first-order valence-corrected chi connectivity index (χ1v) is 5.22. The predicted octanol–water partition coefficient (Wildman–Crippen LogP) is 2.12. The fraction of sp³-hybridized carbons (Fsp3) is 0.333. The second kappa shape index (κ2) is 5.46. The minimum Gasteiger partial charge on any atom is -0.480 e. The molecule has 1 aromatic rings. The van der Waals surface area contributed by atoms with Gasteiger partial charge in [-0.05, 0) is 27.6 Å². The highest BCUT2D eigenvalue weighted by atomic mass is 79.9. The number of aromatic nitrogens is 1. The third kappa shape index (κ3) is 4.70. The molecule has 0 saturated heterocycles. The molecule has 94 valence electrons. The van der Waals surface area contributed by atoms with Gasteiger partial charge in [-0.25, -0.2) is 0 Å². The van der Waals surface area contributed by atoms with Crippen LogP contribution in [0.2, 0.25) is 0 Å².